The molecule has 0 amide bonds. The predicted molar refractivity (Wildman–Crippen MR) is 58.5 cm³/mol. The van der Waals surface area contributed by atoms with Gasteiger partial charge in [0.25, 0.3) is 0 Å². The van der Waals surface area contributed by atoms with E-state index in [0.29, 0.717) is 18.4 Å². The lowest BCUT2D eigenvalue weighted by molar-refractivity contribution is -0.138. The number of nitrogens with two attached hydrogens (primary N) is 1. The number of carbonyl (C=O) groups excluding carboxylic acids is 1. The molecule has 86 valence electrons. The number of carboxylic acid groups (broad SMARTS) is 1. The first kappa shape index (κ1) is 13.8. The Labute approximate surface area is 90.2 Å². The molecule has 0 aromatic rings. The maximum absolute atomic E-state index is 11.1. The van der Waals surface area contributed by atoms with Crippen LogP contribution in [0.4, 0.5) is 0 Å². The van der Waals surface area contributed by atoms with Crippen molar-refractivity contribution in [1.29, 1.82) is 0 Å². The zero-order valence-electron chi connectivity index (χ0n) is 9.16. The maximum Gasteiger partial charge on any atom is 0.320 e. The zero-order valence-corrected chi connectivity index (χ0v) is 9.16. The zero-order chi connectivity index (χ0) is 11.8. The van der Waals surface area contributed by atoms with Gasteiger partial charge in [-0.05, 0) is 25.3 Å². The largest absolute Gasteiger partial charge is 0.480 e. The molecule has 1 atom stereocenters. The number of hydrogen-bond acceptors (Lipinski definition) is 3. The molecule has 0 bridgehead atoms. The van der Waals surface area contributed by atoms with E-state index < -0.39 is 12.0 Å². The van der Waals surface area contributed by atoms with E-state index >= 15 is 0 Å². The number of carboxylic acids is 1. The summed E-state index contributed by atoms with van der Waals surface area (Å²) in [5, 5.41) is 8.51. The minimum absolute atomic E-state index is 0.0810. The number of aliphatic carboxylic acids is 1. The highest BCUT2D eigenvalue weighted by Gasteiger charge is 2.10. The van der Waals surface area contributed by atoms with Crippen LogP contribution in [0.15, 0.2) is 12.2 Å². The maximum atomic E-state index is 11.1. The monoisotopic (exact) mass is 213 g/mol. The minimum Gasteiger partial charge on any atom is -0.480 e. The Morgan fingerprint density at radius 3 is 2.40 bits per heavy atom. The Morgan fingerprint density at radius 2 is 1.93 bits per heavy atom. The smallest absolute Gasteiger partial charge is 0.320 e. The Kier molecular flexibility index (Phi) is 6.62. The van der Waals surface area contributed by atoms with Gasteiger partial charge >= 0.3 is 5.97 Å². The molecule has 0 aromatic carbocycles. The summed E-state index contributed by atoms with van der Waals surface area (Å²) in [6, 6.07) is -0.776. The molecular weight excluding hydrogens is 194 g/mol. The molecule has 0 heterocycles. The van der Waals surface area contributed by atoms with Gasteiger partial charge in [0.2, 0.25) is 0 Å². The highest BCUT2D eigenvalue weighted by molar-refractivity contribution is 5.93. The Hall–Kier alpha value is -1.16. The van der Waals surface area contributed by atoms with Crippen LogP contribution in [0, 0.1) is 0 Å². The number of carbonyl (C=O) groups is 2. The van der Waals surface area contributed by atoms with Crippen LogP contribution < -0.4 is 5.73 Å². The molecule has 0 radical (unpaired) electrons. The molecule has 1 unspecified atom stereocenters. The molecule has 0 saturated carbocycles. The van der Waals surface area contributed by atoms with E-state index in [0.717, 1.165) is 19.3 Å². The Bertz CT molecular complexity index is 248. The minimum atomic E-state index is -0.965. The SMILES string of the molecule is C=C(C)C(=O)CCCCCC(N)C(=O)O. The summed E-state index contributed by atoms with van der Waals surface area (Å²) in [5.41, 5.74) is 5.91. The van der Waals surface area contributed by atoms with Crippen LogP contribution in [0.2, 0.25) is 0 Å². The third kappa shape index (κ3) is 6.85. The van der Waals surface area contributed by atoms with E-state index in [-0.39, 0.29) is 5.78 Å². The normalized spacial score (nSPS) is 12.1. The van der Waals surface area contributed by atoms with Gasteiger partial charge in [0.05, 0.1) is 0 Å². The first-order valence-corrected chi connectivity index (χ1v) is 5.12. The molecule has 0 rings (SSSR count). The van der Waals surface area contributed by atoms with Gasteiger partial charge in [-0.15, -0.1) is 0 Å². The van der Waals surface area contributed by atoms with Gasteiger partial charge in [0.15, 0.2) is 5.78 Å². The second-order valence-corrected chi connectivity index (χ2v) is 3.75. The van der Waals surface area contributed by atoms with E-state index in [1.54, 1.807) is 6.92 Å². The number of rotatable bonds is 8. The fourth-order valence-electron chi connectivity index (χ4n) is 1.16. The van der Waals surface area contributed by atoms with Crippen LogP contribution in [0.25, 0.3) is 0 Å². The molecule has 0 saturated heterocycles. The Balaban J connectivity index is 3.44. The van der Waals surface area contributed by atoms with Crippen LogP contribution in [0.3, 0.4) is 0 Å². The fraction of sp³-hybridized carbons (Fsp3) is 0.636. The molecule has 0 aliphatic heterocycles. The summed E-state index contributed by atoms with van der Waals surface area (Å²) in [6.45, 7) is 5.26. The van der Waals surface area contributed by atoms with Crippen molar-refractivity contribution in [3.05, 3.63) is 12.2 Å². The van der Waals surface area contributed by atoms with E-state index in [4.69, 9.17) is 10.8 Å². The molecule has 0 aliphatic carbocycles. The first-order valence-electron chi connectivity index (χ1n) is 5.12. The third-order valence-electron chi connectivity index (χ3n) is 2.21. The number of allylic oxidation sites excluding steroid dienone is 1. The summed E-state index contributed by atoms with van der Waals surface area (Å²) in [4.78, 5) is 21.5. The number of hydrogen-bond donors (Lipinski definition) is 2. The van der Waals surface area contributed by atoms with E-state index in [2.05, 4.69) is 6.58 Å². The van der Waals surface area contributed by atoms with Crippen LogP contribution >= 0.6 is 0 Å². The van der Waals surface area contributed by atoms with Crippen molar-refractivity contribution in [3.8, 4) is 0 Å². The first-order chi connectivity index (χ1) is 6.95. The second-order valence-electron chi connectivity index (χ2n) is 3.75. The van der Waals surface area contributed by atoms with Crippen molar-refractivity contribution in [2.45, 2.75) is 45.1 Å². The van der Waals surface area contributed by atoms with Gasteiger partial charge in [0.1, 0.15) is 6.04 Å². The summed E-state index contributed by atoms with van der Waals surface area (Å²) in [7, 11) is 0. The average molecular weight is 213 g/mol. The number of Topliss-reactive ketones (excluding diaryl/α,β-unsaturated/α-hetero) is 1. The van der Waals surface area contributed by atoms with Crippen molar-refractivity contribution in [2.75, 3.05) is 0 Å². The Morgan fingerprint density at radius 1 is 1.33 bits per heavy atom. The molecule has 4 nitrogen and oxygen atoms in total. The lowest BCUT2D eigenvalue weighted by Crippen LogP contribution is -2.29. The van der Waals surface area contributed by atoms with Crippen molar-refractivity contribution in [3.63, 3.8) is 0 Å². The van der Waals surface area contributed by atoms with Gasteiger partial charge in [0, 0.05) is 6.42 Å². The lowest BCUT2D eigenvalue weighted by Gasteiger charge is -2.05. The van der Waals surface area contributed by atoms with Gasteiger partial charge in [-0.2, -0.15) is 0 Å². The van der Waals surface area contributed by atoms with Crippen LogP contribution in [0.1, 0.15) is 39.0 Å². The second kappa shape index (κ2) is 7.17. The van der Waals surface area contributed by atoms with Crippen molar-refractivity contribution < 1.29 is 14.7 Å². The van der Waals surface area contributed by atoms with E-state index in [1.807, 2.05) is 0 Å². The van der Waals surface area contributed by atoms with Crippen LogP contribution in [-0.4, -0.2) is 22.9 Å². The molecule has 0 fully saturated rings. The van der Waals surface area contributed by atoms with Gasteiger partial charge in [-0.1, -0.05) is 19.4 Å². The number of unbranched alkanes of at least 4 members (excludes halogenated alkanes) is 2. The van der Waals surface area contributed by atoms with Crippen LogP contribution in [0.5, 0.6) is 0 Å². The average Bonchev–Trinajstić information content (AvgIpc) is 2.16. The fourth-order valence-corrected chi connectivity index (χ4v) is 1.16. The summed E-state index contributed by atoms with van der Waals surface area (Å²) < 4.78 is 0. The van der Waals surface area contributed by atoms with Crippen molar-refractivity contribution in [2.24, 2.45) is 5.73 Å². The van der Waals surface area contributed by atoms with Crippen molar-refractivity contribution >= 4 is 11.8 Å². The highest BCUT2D eigenvalue weighted by atomic mass is 16.4. The summed E-state index contributed by atoms with van der Waals surface area (Å²) in [5.74, 6) is -0.884. The van der Waals surface area contributed by atoms with Gasteiger partial charge in [-0.25, -0.2) is 0 Å². The van der Waals surface area contributed by atoms with Gasteiger partial charge in [-0.3, -0.25) is 9.59 Å². The molecular formula is C11H19NO3. The molecule has 0 spiro atoms. The molecule has 3 N–H and O–H groups in total. The van der Waals surface area contributed by atoms with Crippen molar-refractivity contribution in [1.82, 2.24) is 0 Å². The molecule has 0 aromatic heterocycles. The van der Waals surface area contributed by atoms with E-state index in [9.17, 15) is 9.59 Å². The summed E-state index contributed by atoms with van der Waals surface area (Å²) >= 11 is 0. The third-order valence-corrected chi connectivity index (χ3v) is 2.21. The number of ketones is 1. The topological polar surface area (TPSA) is 80.4 Å². The molecule has 4 heteroatoms. The lowest BCUT2D eigenvalue weighted by atomic mass is 10.0. The molecule has 0 aliphatic rings. The molecule has 15 heavy (non-hydrogen) atoms. The van der Waals surface area contributed by atoms with Gasteiger partial charge < -0.3 is 10.8 Å². The van der Waals surface area contributed by atoms with E-state index in [1.165, 1.54) is 0 Å². The summed E-state index contributed by atoms with van der Waals surface area (Å²) in [6.07, 6.45) is 3.32. The highest BCUT2D eigenvalue weighted by Crippen LogP contribution is 2.07. The van der Waals surface area contributed by atoms with Crippen LogP contribution in [-0.2, 0) is 9.59 Å². The predicted octanol–water partition coefficient (Wildman–Crippen LogP) is 1.49. The standard InChI is InChI=1S/C11H19NO3/c1-8(2)10(13)7-5-3-4-6-9(12)11(14)15/h9H,1,3-7,12H2,2H3,(H,14,15). The quantitative estimate of drug-likeness (QED) is 0.473.